The highest BCUT2D eigenvalue weighted by atomic mass is 16.6. The quantitative estimate of drug-likeness (QED) is 0.447. The van der Waals surface area contributed by atoms with E-state index >= 15 is 0 Å². The molecule has 1 aliphatic heterocycles. The van der Waals surface area contributed by atoms with E-state index in [2.05, 4.69) is 4.98 Å². The van der Waals surface area contributed by atoms with Crippen molar-refractivity contribution >= 4 is 21.7 Å². The molecule has 23 heavy (non-hydrogen) atoms. The molecule has 0 spiro atoms. The number of carbonyl (C=O) groups excluding carboxylic acids is 1. The molecule has 0 aliphatic carbocycles. The summed E-state index contributed by atoms with van der Waals surface area (Å²) in [7, 11) is 3.50. The zero-order valence-corrected chi connectivity index (χ0v) is 13.6. The van der Waals surface area contributed by atoms with Crippen LogP contribution in [0.15, 0.2) is 15.8 Å². The van der Waals surface area contributed by atoms with Crippen molar-refractivity contribution in [1.82, 2.24) is 9.55 Å². The molecule has 10 heteroatoms. The first-order valence-corrected chi connectivity index (χ1v) is 7.70. The topological polar surface area (TPSA) is 116 Å². The molecular weight excluding hydrogens is 300 g/mol. The second-order valence-electron chi connectivity index (χ2n) is 6.11. The molecule has 0 bridgehead atoms. The molecule has 0 radical (unpaired) electrons. The summed E-state index contributed by atoms with van der Waals surface area (Å²) in [5.74, 6) is -0.503. The van der Waals surface area contributed by atoms with Gasteiger partial charge >= 0.3 is 11.7 Å². The Hall–Kier alpha value is -1.80. The second kappa shape index (κ2) is 6.76. The van der Waals surface area contributed by atoms with Gasteiger partial charge in [-0.2, -0.15) is 0 Å². The average molecular weight is 321 g/mol. The molecule has 0 saturated carbocycles. The number of aromatic amines is 1. The molecule has 1 aromatic rings. The summed E-state index contributed by atoms with van der Waals surface area (Å²) < 4.78 is 12.6. The fourth-order valence-corrected chi connectivity index (χ4v) is 2.73. The smallest absolute Gasteiger partial charge is 0.330 e. The van der Waals surface area contributed by atoms with Gasteiger partial charge in [0.2, 0.25) is 0 Å². The molecule has 2 unspecified atom stereocenters. The number of nitrogens with zero attached hydrogens (tertiary/aromatic N) is 1. The molecule has 2 atom stereocenters. The van der Waals surface area contributed by atoms with Crippen molar-refractivity contribution in [3.8, 4) is 0 Å². The van der Waals surface area contributed by atoms with Gasteiger partial charge < -0.3 is 15.2 Å². The van der Waals surface area contributed by atoms with Gasteiger partial charge in [0.1, 0.15) is 6.23 Å². The van der Waals surface area contributed by atoms with E-state index in [1.807, 2.05) is 6.92 Å². The minimum absolute atomic E-state index is 0.196. The summed E-state index contributed by atoms with van der Waals surface area (Å²) in [6.07, 6.45) is 2.42. The minimum atomic E-state index is -0.843. The Kier molecular flexibility index (Phi) is 5.16. The van der Waals surface area contributed by atoms with Gasteiger partial charge in [0, 0.05) is 11.8 Å². The Morgan fingerprint density at radius 1 is 1.52 bits per heavy atom. The molecule has 3 N–H and O–H groups in total. The summed E-state index contributed by atoms with van der Waals surface area (Å²) in [6, 6.07) is 0. The number of carbonyl (C=O) groups is 1. The van der Waals surface area contributed by atoms with Crippen molar-refractivity contribution in [3.05, 3.63) is 32.6 Å². The minimum Gasteiger partial charge on any atom is -0.474 e. The fourth-order valence-electron chi connectivity index (χ4n) is 2.73. The predicted octanol–water partition coefficient (Wildman–Crippen LogP) is -2.80. The first kappa shape index (κ1) is 17.6. The maximum absolute atomic E-state index is 12.0. The summed E-state index contributed by atoms with van der Waals surface area (Å²) in [5.41, 5.74) is 4.91. The molecule has 2 heterocycles. The van der Waals surface area contributed by atoms with Crippen molar-refractivity contribution in [1.29, 1.82) is 0 Å². The second-order valence-corrected chi connectivity index (χ2v) is 6.11. The van der Waals surface area contributed by atoms with Gasteiger partial charge in [-0.05, 0) is 19.3 Å². The van der Waals surface area contributed by atoms with Crippen LogP contribution in [0.4, 0.5) is 0 Å². The molecule has 0 aromatic carbocycles. The van der Waals surface area contributed by atoms with E-state index < -0.39 is 23.3 Å². The van der Waals surface area contributed by atoms with Gasteiger partial charge in [0.15, 0.2) is 15.7 Å². The highest BCUT2D eigenvalue weighted by Gasteiger charge is 2.40. The number of aryl methyl sites for hydroxylation is 1. The summed E-state index contributed by atoms with van der Waals surface area (Å²) >= 11 is 0. The number of hydrogen-bond donors (Lipinski definition) is 2. The highest BCUT2D eigenvalue weighted by Crippen LogP contribution is 2.32. The van der Waals surface area contributed by atoms with Crippen LogP contribution in [0.2, 0.25) is 0 Å². The van der Waals surface area contributed by atoms with Crippen molar-refractivity contribution in [2.75, 3.05) is 6.54 Å². The first-order valence-electron chi connectivity index (χ1n) is 7.70. The van der Waals surface area contributed by atoms with Crippen LogP contribution in [0.25, 0.3) is 0 Å². The van der Waals surface area contributed by atoms with Crippen LogP contribution >= 0.6 is 0 Å². The van der Waals surface area contributed by atoms with Gasteiger partial charge in [-0.3, -0.25) is 19.1 Å². The van der Waals surface area contributed by atoms with E-state index in [0.717, 1.165) is 0 Å². The molecule has 1 aromatic heterocycles. The van der Waals surface area contributed by atoms with E-state index in [9.17, 15) is 14.4 Å². The van der Waals surface area contributed by atoms with E-state index in [4.69, 9.17) is 15.2 Å². The summed E-state index contributed by atoms with van der Waals surface area (Å²) in [6.45, 7) is 1.64. The average Bonchev–Trinajstić information content (AvgIpc) is 2.97. The Balaban J connectivity index is 2.19. The number of nitrogens with two attached hydrogens (primary N) is 1. The number of aromatic nitrogens is 2. The summed E-state index contributed by atoms with van der Waals surface area (Å²) in [4.78, 5) is 37.4. The van der Waals surface area contributed by atoms with Gasteiger partial charge in [0.25, 0.3) is 5.56 Å². The molecule has 2 rings (SSSR count). The number of esters is 1. The van der Waals surface area contributed by atoms with E-state index in [-0.39, 0.29) is 18.2 Å². The molecule has 1 fully saturated rings. The van der Waals surface area contributed by atoms with Crippen LogP contribution in [-0.2, 0) is 20.7 Å². The predicted molar refractivity (Wildman–Crippen MR) is 88.8 cm³/mol. The molecular formula is C13H21B2N3O5. The Labute approximate surface area is 135 Å². The first-order chi connectivity index (χ1) is 10.8. The molecule has 1 aliphatic rings. The Morgan fingerprint density at radius 3 is 2.83 bits per heavy atom. The van der Waals surface area contributed by atoms with E-state index in [1.54, 1.807) is 15.7 Å². The zero-order chi connectivity index (χ0) is 17.2. The van der Waals surface area contributed by atoms with E-state index in [1.165, 1.54) is 10.8 Å². The third-order valence-corrected chi connectivity index (χ3v) is 4.05. The monoisotopic (exact) mass is 321 g/mol. The van der Waals surface area contributed by atoms with Crippen molar-refractivity contribution in [2.45, 2.75) is 43.9 Å². The molecule has 0 amide bonds. The number of nitrogens with one attached hydrogen (secondary N) is 1. The van der Waals surface area contributed by atoms with Crippen LogP contribution in [0.5, 0.6) is 0 Å². The standard InChI is InChI=1S/C13H21B2N3O5/c1-2-7-6-18(12(21)17-11(7)20)9-4-3-8(22-9)13(14,15)23-10(19)5-16/h6,8-9H,2-5,14-16H2,1H3,(H,17,20,21). The van der Waals surface area contributed by atoms with Crippen LogP contribution in [-0.4, -0.2) is 49.3 Å². The van der Waals surface area contributed by atoms with Gasteiger partial charge in [-0.1, -0.05) is 6.92 Å². The normalized spacial score (nSPS) is 21.3. The molecule has 124 valence electrons. The molecule has 1 saturated heterocycles. The third-order valence-electron chi connectivity index (χ3n) is 4.05. The lowest BCUT2D eigenvalue weighted by atomic mass is 9.61. The Morgan fingerprint density at radius 2 is 2.22 bits per heavy atom. The van der Waals surface area contributed by atoms with Crippen molar-refractivity contribution in [3.63, 3.8) is 0 Å². The number of H-pyrrole nitrogens is 1. The third kappa shape index (κ3) is 3.76. The largest absolute Gasteiger partial charge is 0.474 e. The summed E-state index contributed by atoms with van der Waals surface area (Å²) in [5, 5.41) is -0.843. The van der Waals surface area contributed by atoms with Crippen molar-refractivity contribution in [2.24, 2.45) is 5.73 Å². The fraction of sp³-hybridized carbons (Fsp3) is 0.615. The van der Waals surface area contributed by atoms with Gasteiger partial charge in [0.05, 0.1) is 18.0 Å². The van der Waals surface area contributed by atoms with Crippen LogP contribution in [0.3, 0.4) is 0 Å². The SMILES string of the molecule is BC(B)(OC(=O)CN)C1CCC(n2cc(CC)c(=O)[nH]c2=O)O1. The number of hydrogen-bond acceptors (Lipinski definition) is 6. The lowest BCUT2D eigenvalue weighted by molar-refractivity contribution is -0.154. The van der Waals surface area contributed by atoms with E-state index in [0.29, 0.717) is 24.8 Å². The van der Waals surface area contributed by atoms with Gasteiger partial charge in [-0.25, -0.2) is 4.79 Å². The Bertz CT molecular complexity index is 700. The number of ether oxygens (including phenoxy) is 2. The number of rotatable bonds is 5. The molecule has 8 nitrogen and oxygen atoms in total. The van der Waals surface area contributed by atoms with Crippen LogP contribution < -0.4 is 17.0 Å². The lowest BCUT2D eigenvalue weighted by Gasteiger charge is -2.31. The van der Waals surface area contributed by atoms with Gasteiger partial charge in [-0.15, -0.1) is 0 Å². The lowest BCUT2D eigenvalue weighted by Crippen LogP contribution is -2.48. The van der Waals surface area contributed by atoms with Crippen molar-refractivity contribution < 1.29 is 14.3 Å². The van der Waals surface area contributed by atoms with Crippen LogP contribution in [0, 0.1) is 0 Å². The maximum atomic E-state index is 12.0. The maximum Gasteiger partial charge on any atom is 0.330 e. The zero-order valence-electron chi connectivity index (χ0n) is 13.6. The van der Waals surface area contributed by atoms with Crippen LogP contribution in [0.1, 0.15) is 31.6 Å². The highest BCUT2D eigenvalue weighted by molar-refractivity contribution is 6.40.